The van der Waals surface area contributed by atoms with Crippen LogP contribution in [0.5, 0.6) is 0 Å². The molecule has 1 aromatic rings. The van der Waals surface area contributed by atoms with Crippen LogP contribution >= 0.6 is 11.3 Å². The van der Waals surface area contributed by atoms with Gasteiger partial charge >= 0.3 is 0 Å². The van der Waals surface area contributed by atoms with E-state index in [1.165, 1.54) is 25.0 Å². The van der Waals surface area contributed by atoms with Gasteiger partial charge in [0.25, 0.3) is 0 Å². The van der Waals surface area contributed by atoms with Gasteiger partial charge in [-0.3, -0.25) is 0 Å². The molecule has 1 fully saturated rings. The van der Waals surface area contributed by atoms with Crippen LogP contribution in [0.25, 0.3) is 0 Å². The maximum Gasteiger partial charge on any atom is 0.182 e. The Morgan fingerprint density at radius 3 is 2.60 bits per heavy atom. The molecule has 15 heavy (non-hydrogen) atoms. The molecule has 0 radical (unpaired) electrons. The lowest BCUT2D eigenvalue weighted by Gasteiger charge is -2.43. The fourth-order valence-corrected chi connectivity index (χ4v) is 2.94. The van der Waals surface area contributed by atoms with Crippen LogP contribution in [0.15, 0.2) is 5.38 Å². The Morgan fingerprint density at radius 2 is 2.20 bits per heavy atom. The molecule has 0 spiro atoms. The van der Waals surface area contributed by atoms with E-state index in [9.17, 15) is 0 Å². The number of nitrogens with zero attached hydrogens (tertiary/aromatic N) is 1. The van der Waals surface area contributed by atoms with Crippen molar-refractivity contribution in [3.05, 3.63) is 11.1 Å². The molecule has 0 aliphatic heterocycles. The quantitative estimate of drug-likeness (QED) is 0.827. The lowest BCUT2D eigenvalue weighted by molar-refractivity contribution is 0.166. The van der Waals surface area contributed by atoms with E-state index in [1.807, 2.05) is 7.05 Å². The molecule has 2 rings (SSSR count). The predicted molar refractivity (Wildman–Crippen MR) is 65.5 cm³/mol. The average Bonchev–Trinajstić information content (AvgIpc) is 2.59. The third kappa shape index (κ3) is 2.01. The molecule has 1 aromatic heterocycles. The second-order valence-corrected chi connectivity index (χ2v) is 5.38. The van der Waals surface area contributed by atoms with Crippen LogP contribution in [0.4, 0.5) is 5.13 Å². The average molecular weight is 225 g/mol. The van der Waals surface area contributed by atoms with Crippen LogP contribution in [-0.2, 0) is 5.54 Å². The van der Waals surface area contributed by atoms with Gasteiger partial charge in [0.05, 0.1) is 11.2 Å². The SMILES string of the molecule is CNc1nc(C2(NC(C)C)CCC2)cs1. The van der Waals surface area contributed by atoms with Crippen LogP contribution in [0.1, 0.15) is 38.8 Å². The van der Waals surface area contributed by atoms with Gasteiger partial charge in [0.15, 0.2) is 5.13 Å². The molecule has 0 atom stereocenters. The normalized spacial score (nSPS) is 18.9. The third-order valence-electron chi connectivity index (χ3n) is 2.98. The fraction of sp³-hybridized carbons (Fsp3) is 0.727. The Kier molecular flexibility index (Phi) is 2.98. The fourth-order valence-electron chi connectivity index (χ4n) is 2.17. The second-order valence-electron chi connectivity index (χ2n) is 4.52. The van der Waals surface area contributed by atoms with E-state index < -0.39 is 0 Å². The first-order chi connectivity index (χ1) is 7.16. The highest BCUT2D eigenvalue weighted by Crippen LogP contribution is 2.42. The molecule has 2 N–H and O–H groups in total. The maximum atomic E-state index is 4.62. The summed E-state index contributed by atoms with van der Waals surface area (Å²) in [6.07, 6.45) is 3.75. The van der Waals surface area contributed by atoms with Crippen molar-refractivity contribution in [3.63, 3.8) is 0 Å². The zero-order valence-electron chi connectivity index (χ0n) is 9.63. The second kappa shape index (κ2) is 4.10. The van der Waals surface area contributed by atoms with Gasteiger partial charge in [-0.2, -0.15) is 0 Å². The lowest BCUT2D eigenvalue weighted by Crippen LogP contribution is -2.51. The first kappa shape index (κ1) is 10.9. The van der Waals surface area contributed by atoms with E-state index in [4.69, 9.17) is 0 Å². The highest BCUT2D eigenvalue weighted by molar-refractivity contribution is 7.13. The number of rotatable bonds is 4. The van der Waals surface area contributed by atoms with Crippen LogP contribution in [-0.4, -0.2) is 18.1 Å². The molecule has 1 aliphatic carbocycles. The number of anilines is 1. The van der Waals surface area contributed by atoms with E-state index in [2.05, 4.69) is 34.8 Å². The minimum atomic E-state index is 0.166. The smallest absolute Gasteiger partial charge is 0.182 e. The lowest BCUT2D eigenvalue weighted by atomic mass is 9.74. The molecule has 1 heterocycles. The summed E-state index contributed by atoms with van der Waals surface area (Å²) < 4.78 is 0. The van der Waals surface area contributed by atoms with Crippen LogP contribution in [0.2, 0.25) is 0 Å². The van der Waals surface area contributed by atoms with Crippen molar-refractivity contribution in [2.75, 3.05) is 12.4 Å². The molecular formula is C11H19N3S. The Morgan fingerprint density at radius 1 is 1.47 bits per heavy atom. The number of hydrogen-bond donors (Lipinski definition) is 2. The van der Waals surface area contributed by atoms with Crippen molar-refractivity contribution in [1.29, 1.82) is 0 Å². The zero-order valence-corrected chi connectivity index (χ0v) is 10.4. The number of nitrogens with one attached hydrogen (secondary N) is 2. The maximum absolute atomic E-state index is 4.62. The molecule has 0 unspecified atom stereocenters. The monoisotopic (exact) mass is 225 g/mol. The summed E-state index contributed by atoms with van der Waals surface area (Å²) >= 11 is 1.69. The van der Waals surface area contributed by atoms with Gasteiger partial charge in [-0.1, -0.05) is 0 Å². The Hall–Kier alpha value is -0.610. The molecule has 0 aromatic carbocycles. The minimum Gasteiger partial charge on any atom is -0.365 e. The number of thiazole rings is 1. The van der Waals surface area contributed by atoms with Crippen LogP contribution in [0.3, 0.4) is 0 Å². The summed E-state index contributed by atoms with van der Waals surface area (Å²) in [5, 5.41) is 9.96. The van der Waals surface area contributed by atoms with Crippen molar-refractivity contribution in [2.45, 2.75) is 44.7 Å². The molecule has 1 saturated carbocycles. The first-order valence-electron chi connectivity index (χ1n) is 5.58. The summed E-state index contributed by atoms with van der Waals surface area (Å²) in [5.74, 6) is 0. The Labute approximate surface area is 95.3 Å². The van der Waals surface area contributed by atoms with Crippen molar-refractivity contribution < 1.29 is 0 Å². The summed E-state index contributed by atoms with van der Waals surface area (Å²) in [7, 11) is 1.92. The van der Waals surface area contributed by atoms with Gasteiger partial charge in [-0.15, -0.1) is 11.3 Å². The first-order valence-corrected chi connectivity index (χ1v) is 6.46. The van der Waals surface area contributed by atoms with Crippen molar-refractivity contribution in [3.8, 4) is 0 Å². The highest BCUT2D eigenvalue weighted by Gasteiger charge is 2.40. The Balaban J connectivity index is 2.18. The van der Waals surface area contributed by atoms with E-state index >= 15 is 0 Å². The van der Waals surface area contributed by atoms with Gasteiger partial charge < -0.3 is 10.6 Å². The summed E-state index contributed by atoms with van der Waals surface area (Å²) in [4.78, 5) is 4.62. The van der Waals surface area contributed by atoms with Gasteiger partial charge in [-0.25, -0.2) is 4.98 Å². The van der Waals surface area contributed by atoms with Crippen molar-refractivity contribution in [1.82, 2.24) is 10.3 Å². The molecular weight excluding hydrogens is 206 g/mol. The van der Waals surface area contributed by atoms with Gasteiger partial charge in [-0.05, 0) is 33.1 Å². The Bertz CT molecular complexity index is 328. The topological polar surface area (TPSA) is 37.0 Å². The summed E-state index contributed by atoms with van der Waals surface area (Å²) in [6, 6.07) is 0.519. The molecule has 0 amide bonds. The van der Waals surface area contributed by atoms with Gasteiger partial charge in [0.1, 0.15) is 0 Å². The molecule has 1 aliphatic rings. The predicted octanol–water partition coefficient (Wildman–Crippen LogP) is 2.56. The highest BCUT2D eigenvalue weighted by atomic mass is 32.1. The van der Waals surface area contributed by atoms with Crippen molar-refractivity contribution in [2.24, 2.45) is 0 Å². The molecule has 4 heteroatoms. The standard InChI is InChI=1S/C11H19N3S/c1-8(2)14-11(5-4-6-11)9-7-15-10(12-3)13-9/h7-8,14H,4-6H2,1-3H3,(H,12,13). The van der Waals surface area contributed by atoms with Crippen LogP contribution in [0, 0.1) is 0 Å². The van der Waals surface area contributed by atoms with E-state index in [0.717, 1.165) is 5.13 Å². The summed E-state index contributed by atoms with van der Waals surface area (Å²) in [6.45, 7) is 4.40. The molecule has 0 bridgehead atoms. The van der Waals surface area contributed by atoms with E-state index in [-0.39, 0.29) is 5.54 Å². The van der Waals surface area contributed by atoms with Gasteiger partial charge in [0, 0.05) is 18.5 Å². The van der Waals surface area contributed by atoms with Crippen molar-refractivity contribution >= 4 is 16.5 Å². The molecule has 84 valence electrons. The molecule has 0 saturated heterocycles. The zero-order chi connectivity index (χ0) is 10.9. The summed E-state index contributed by atoms with van der Waals surface area (Å²) in [5.41, 5.74) is 1.39. The molecule has 3 nitrogen and oxygen atoms in total. The third-order valence-corrected chi connectivity index (χ3v) is 3.84. The number of hydrogen-bond acceptors (Lipinski definition) is 4. The number of aromatic nitrogens is 1. The largest absolute Gasteiger partial charge is 0.365 e. The van der Waals surface area contributed by atoms with Crippen LogP contribution < -0.4 is 10.6 Å². The van der Waals surface area contributed by atoms with E-state index in [1.54, 1.807) is 11.3 Å². The van der Waals surface area contributed by atoms with Gasteiger partial charge in [0.2, 0.25) is 0 Å². The minimum absolute atomic E-state index is 0.166. The van der Waals surface area contributed by atoms with E-state index in [0.29, 0.717) is 6.04 Å².